The highest BCUT2D eigenvalue weighted by Gasteiger charge is 2.16. The van der Waals surface area contributed by atoms with Gasteiger partial charge >= 0.3 is 0 Å². The summed E-state index contributed by atoms with van der Waals surface area (Å²) in [5, 5.41) is 2.95. The Kier molecular flexibility index (Phi) is 4.38. The van der Waals surface area contributed by atoms with Crippen LogP contribution in [-0.2, 0) is 11.3 Å². The molecule has 0 radical (unpaired) electrons. The number of hydrogen-bond acceptors (Lipinski definition) is 2. The van der Waals surface area contributed by atoms with Gasteiger partial charge in [-0.1, -0.05) is 54.1 Å². The van der Waals surface area contributed by atoms with Crippen molar-refractivity contribution in [1.29, 1.82) is 0 Å². The first kappa shape index (κ1) is 15.2. The van der Waals surface area contributed by atoms with Gasteiger partial charge in [0.25, 0.3) is 5.91 Å². The van der Waals surface area contributed by atoms with Crippen LogP contribution in [0.4, 0.5) is 0 Å². The largest absolute Gasteiger partial charge is 0.347 e. The summed E-state index contributed by atoms with van der Waals surface area (Å²) in [6.45, 7) is 5.20. The number of aryl methyl sites for hydroxylation is 2. The summed E-state index contributed by atoms with van der Waals surface area (Å²) in [7, 11) is 0. The number of amides is 1. The normalized spacial score (nSPS) is 13.5. The van der Waals surface area contributed by atoms with Gasteiger partial charge in [0.05, 0.1) is 6.54 Å². The van der Waals surface area contributed by atoms with Crippen molar-refractivity contribution < 1.29 is 4.79 Å². The maximum Gasteiger partial charge on any atom is 0.269 e. The van der Waals surface area contributed by atoms with Crippen LogP contribution in [0, 0.1) is 13.8 Å². The standard InChI is InChI=1S/C20H20N2O/c1-14-7-9-16(10-8-14)18-11-19(21-13-18)20(23)22-12-17-6-4-3-5-15(17)2/h3-11H,12-13H2,1-2H3,(H,22,23). The van der Waals surface area contributed by atoms with Gasteiger partial charge in [0.15, 0.2) is 0 Å². The zero-order chi connectivity index (χ0) is 16.2. The van der Waals surface area contributed by atoms with Crippen molar-refractivity contribution >= 4 is 17.2 Å². The van der Waals surface area contributed by atoms with Crippen molar-refractivity contribution in [3.8, 4) is 0 Å². The zero-order valence-electron chi connectivity index (χ0n) is 13.5. The van der Waals surface area contributed by atoms with Crippen molar-refractivity contribution in [1.82, 2.24) is 5.32 Å². The van der Waals surface area contributed by atoms with E-state index in [1.807, 2.05) is 37.3 Å². The highest BCUT2D eigenvalue weighted by molar-refractivity contribution is 6.45. The minimum atomic E-state index is -0.115. The van der Waals surface area contributed by atoms with Crippen LogP contribution in [0.2, 0.25) is 0 Å². The fourth-order valence-corrected chi connectivity index (χ4v) is 2.58. The number of nitrogens with zero attached hydrogens (tertiary/aromatic N) is 1. The summed E-state index contributed by atoms with van der Waals surface area (Å²) in [4.78, 5) is 16.6. The molecule has 23 heavy (non-hydrogen) atoms. The Balaban J connectivity index is 1.64. The minimum absolute atomic E-state index is 0.115. The van der Waals surface area contributed by atoms with Crippen LogP contribution in [0.5, 0.6) is 0 Å². The van der Waals surface area contributed by atoms with Crippen LogP contribution >= 0.6 is 0 Å². The molecule has 0 saturated heterocycles. The zero-order valence-corrected chi connectivity index (χ0v) is 13.5. The molecule has 2 aromatic carbocycles. The van der Waals surface area contributed by atoms with E-state index < -0.39 is 0 Å². The average Bonchev–Trinajstić information content (AvgIpc) is 3.04. The van der Waals surface area contributed by atoms with Gasteiger partial charge in [0.1, 0.15) is 5.71 Å². The molecule has 2 aromatic rings. The number of nitrogens with one attached hydrogen (secondary N) is 1. The lowest BCUT2D eigenvalue weighted by molar-refractivity contribution is -0.114. The lowest BCUT2D eigenvalue weighted by atomic mass is 10.0. The highest BCUT2D eigenvalue weighted by Crippen LogP contribution is 2.19. The molecule has 1 N–H and O–H groups in total. The van der Waals surface area contributed by atoms with Crippen LogP contribution < -0.4 is 5.32 Å². The van der Waals surface area contributed by atoms with E-state index >= 15 is 0 Å². The van der Waals surface area contributed by atoms with Crippen molar-refractivity contribution in [2.45, 2.75) is 20.4 Å². The van der Waals surface area contributed by atoms with E-state index in [-0.39, 0.29) is 5.91 Å². The van der Waals surface area contributed by atoms with Crippen molar-refractivity contribution in [3.05, 3.63) is 76.9 Å². The van der Waals surface area contributed by atoms with E-state index in [4.69, 9.17) is 0 Å². The van der Waals surface area contributed by atoms with Crippen molar-refractivity contribution in [2.75, 3.05) is 6.54 Å². The predicted molar refractivity (Wildman–Crippen MR) is 94.5 cm³/mol. The molecule has 1 heterocycles. The fraction of sp³-hybridized carbons (Fsp3) is 0.200. The lowest BCUT2D eigenvalue weighted by Crippen LogP contribution is -2.29. The lowest BCUT2D eigenvalue weighted by Gasteiger charge is -2.07. The average molecular weight is 304 g/mol. The van der Waals surface area contributed by atoms with Gasteiger partial charge in [-0.25, -0.2) is 0 Å². The second-order valence-electron chi connectivity index (χ2n) is 5.85. The third kappa shape index (κ3) is 3.57. The van der Waals surface area contributed by atoms with E-state index in [9.17, 15) is 4.79 Å². The monoisotopic (exact) mass is 304 g/mol. The van der Waals surface area contributed by atoms with Crippen molar-refractivity contribution in [3.63, 3.8) is 0 Å². The fourth-order valence-electron chi connectivity index (χ4n) is 2.58. The molecule has 0 fully saturated rings. The van der Waals surface area contributed by atoms with E-state index in [0.717, 1.165) is 16.7 Å². The molecule has 3 nitrogen and oxygen atoms in total. The van der Waals surface area contributed by atoms with E-state index in [2.05, 4.69) is 41.5 Å². The molecule has 116 valence electrons. The topological polar surface area (TPSA) is 41.5 Å². The molecule has 1 amide bonds. The molecule has 0 spiro atoms. The molecular formula is C20H20N2O. The third-order valence-corrected chi connectivity index (χ3v) is 4.09. The molecule has 3 heteroatoms. The summed E-state index contributed by atoms with van der Waals surface area (Å²) in [6.07, 6.45) is 1.89. The van der Waals surface area contributed by atoms with Gasteiger partial charge in [-0.3, -0.25) is 9.79 Å². The maximum absolute atomic E-state index is 12.3. The van der Waals surface area contributed by atoms with Crippen LogP contribution in [0.3, 0.4) is 0 Å². The van der Waals surface area contributed by atoms with E-state index in [1.165, 1.54) is 11.1 Å². The summed E-state index contributed by atoms with van der Waals surface area (Å²) in [5.74, 6) is -0.115. The molecule has 0 bridgehead atoms. The SMILES string of the molecule is Cc1ccc(C2=CC(C(=O)NCc3ccccc3C)=NC2)cc1. The second-order valence-corrected chi connectivity index (χ2v) is 5.85. The summed E-state index contributed by atoms with van der Waals surface area (Å²) in [5.41, 5.74) is 6.25. The van der Waals surface area contributed by atoms with Gasteiger partial charge in [-0.15, -0.1) is 0 Å². The number of carbonyl (C=O) groups is 1. The van der Waals surface area contributed by atoms with Gasteiger partial charge in [-0.05, 0) is 42.2 Å². The number of aliphatic imine (C=N–C) groups is 1. The van der Waals surface area contributed by atoms with Crippen LogP contribution in [0.25, 0.3) is 5.57 Å². The van der Waals surface area contributed by atoms with Crippen LogP contribution in [0.15, 0.2) is 59.6 Å². The maximum atomic E-state index is 12.3. The second kappa shape index (κ2) is 6.61. The van der Waals surface area contributed by atoms with E-state index in [1.54, 1.807) is 0 Å². The Bertz CT molecular complexity index is 786. The highest BCUT2D eigenvalue weighted by atomic mass is 16.1. The van der Waals surface area contributed by atoms with E-state index in [0.29, 0.717) is 18.8 Å². The first-order chi connectivity index (χ1) is 11.1. The first-order valence-electron chi connectivity index (χ1n) is 7.78. The molecule has 0 aliphatic carbocycles. The Morgan fingerprint density at radius 3 is 2.57 bits per heavy atom. The van der Waals surface area contributed by atoms with Crippen LogP contribution in [0.1, 0.15) is 22.3 Å². The molecular weight excluding hydrogens is 284 g/mol. The Labute approximate surface area is 136 Å². The summed E-state index contributed by atoms with van der Waals surface area (Å²) in [6, 6.07) is 16.4. The Hall–Kier alpha value is -2.68. The smallest absolute Gasteiger partial charge is 0.269 e. The number of carbonyl (C=O) groups excluding carboxylic acids is 1. The molecule has 3 rings (SSSR count). The van der Waals surface area contributed by atoms with Gasteiger partial charge < -0.3 is 5.32 Å². The molecule has 0 unspecified atom stereocenters. The quantitative estimate of drug-likeness (QED) is 0.923. The molecule has 1 aliphatic heterocycles. The first-order valence-corrected chi connectivity index (χ1v) is 7.78. The Morgan fingerprint density at radius 2 is 1.83 bits per heavy atom. The third-order valence-electron chi connectivity index (χ3n) is 4.09. The molecule has 0 aromatic heterocycles. The molecule has 0 saturated carbocycles. The number of rotatable bonds is 4. The van der Waals surface area contributed by atoms with Gasteiger partial charge in [0, 0.05) is 6.54 Å². The van der Waals surface area contributed by atoms with Crippen LogP contribution in [-0.4, -0.2) is 18.2 Å². The minimum Gasteiger partial charge on any atom is -0.347 e. The summed E-state index contributed by atoms with van der Waals surface area (Å²) >= 11 is 0. The number of hydrogen-bond donors (Lipinski definition) is 1. The number of benzene rings is 2. The van der Waals surface area contributed by atoms with Crippen molar-refractivity contribution in [2.24, 2.45) is 4.99 Å². The summed E-state index contributed by atoms with van der Waals surface area (Å²) < 4.78 is 0. The van der Waals surface area contributed by atoms with Gasteiger partial charge in [-0.2, -0.15) is 0 Å². The predicted octanol–water partition coefficient (Wildman–Crippen LogP) is 3.46. The van der Waals surface area contributed by atoms with Gasteiger partial charge in [0.2, 0.25) is 0 Å². The Morgan fingerprint density at radius 1 is 1.09 bits per heavy atom. The molecule has 1 aliphatic rings. The molecule has 0 atom stereocenters.